The molecule has 10 nitrogen and oxygen atoms in total. The fraction of sp³-hybridized carbons (Fsp3) is 0.357. The molecule has 5 rings (SSSR count). The Hall–Kier alpha value is -3.51. The van der Waals surface area contributed by atoms with Crippen molar-refractivity contribution in [3.63, 3.8) is 0 Å². The van der Waals surface area contributed by atoms with Crippen molar-refractivity contribution in [2.75, 3.05) is 13.6 Å². The molecule has 39 heavy (non-hydrogen) atoms. The average Bonchev–Trinajstić information content (AvgIpc) is 3.60. The zero-order valence-electron chi connectivity index (χ0n) is 22.3. The lowest BCUT2D eigenvalue weighted by Crippen LogP contribution is -2.36. The van der Waals surface area contributed by atoms with E-state index in [2.05, 4.69) is 12.0 Å². The van der Waals surface area contributed by atoms with Crippen LogP contribution in [0.3, 0.4) is 0 Å². The molecule has 2 aromatic carbocycles. The Morgan fingerprint density at radius 3 is 2.82 bits per heavy atom. The highest BCUT2D eigenvalue weighted by atomic mass is 32.2. The zero-order chi connectivity index (χ0) is 27.8. The minimum absolute atomic E-state index is 0.0139. The fourth-order valence-electron chi connectivity index (χ4n) is 5.11. The molecule has 206 valence electrons. The summed E-state index contributed by atoms with van der Waals surface area (Å²) in [5.74, 6) is 5.25. The minimum atomic E-state index is -1.40. The molecule has 0 spiro atoms. The molecule has 5 N–H and O–H groups in total. The van der Waals surface area contributed by atoms with E-state index < -0.39 is 17.3 Å². The highest BCUT2D eigenvalue weighted by molar-refractivity contribution is 7.89. The molecule has 1 saturated carbocycles. The Morgan fingerprint density at radius 2 is 2.10 bits per heavy atom. The zero-order valence-corrected chi connectivity index (χ0v) is 23.1. The van der Waals surface area contributed by atoms with Gasteiger partial charge in [0.1, 0.15) is 11.7 Å². The molecule has 0 amide bonds. The Labute approximate surface area is 231 Å². The van der Waals surface area contributed by atoms with Crippen LogP contribution in [0.1, 0.15) is 52.9 Å². The van der Waals surface area contributed by atoms with Crippen molar-refractivity contribution < 1.29 is 19.2 Å². The van der Waals surface area contributed by atoms with E-state index in [4.69, 9.17) is 16.3 Å². The number of hydrogen-bond donors (Lipinski definition) is 3. The molecule has 2 heterocycles. The number of rotatable bonds is 8. The van der Waals surface area contributed by atoms with E-state index in [-0.39, 0.29) is 23.5 Å². The molecular weight excluding hydrogens is 516 g/mol. The second kappa shape index (κ2) is 10.9. The predicted molar refractivity (Wildman–Crippen MR) is 148 cm³/mol. The predicted octanol–water partition coefficient (Wildman–Crippen LogP) is 3.28. The molecule has 3 aromatic rings. The van der Waals surface area contributed by atoms with Gasteiger partial charge in [-0.2, -0.15) is 5.10 Å². The third-order valence-electron chi connectivity index (χ3n) is 7.31. The monoisotopic (exact) mass is 550 g/mol. The first-order chi connectivity index (χ1) is 18.7. The number of carboxylic acid groups (broad SMARTS) is 1. The molecule has 1 aliphatic heterocycles. The summed E-state index contributed by atoms with van der Waals surface area (Å²) in [7, 11) is 1.69. The van der Waals surface area contributed by atoms with Crippen LogP contribution >= 0.6 is 0 Å². The fourth-order valence-corrected chi connectivity index (χ4v) is 6.43. The van der Waals surface area contributed by atoms with E-state index >= 15 is 0 Å². The lowest BCUT2D eigenvalue weighted by atomic mass is 10.1. The second-order valence-corrected chi connectivity index (χ2v) is 11.6. The van der Waals surface area contributed by atoms with E-state index in [0.717, 1.165) is 23.2 Å². The van der Waals surface area contributed by atoms with Crippen LogP contribution < -0.4 is 16.3 Å². The van der Waals surface area contributed by atoms with E-state index in [1.54, 1.807) is 17.9 Å². The number of nitrogens with zero attached hydrogens (tertiary/aromatic N) is 4. The maximum atomic E-state index is 13.6. The van der Waals surface area contributed by atoms with Gasteiger partial charge in [0.15, 0.2) is 5.75 Å². The van der Waals surface area contributed by atoms with Crippen LogP contribution in [0.4, 0.5) is 0 Å². The summed E-state index contributed by atoms with van der Waals surface area (Å²) in [4.78, 5) is 12.7. The molecule has 0 bridgehead atoms. The smallest absolute Gasteiger partial charge is 0.339 e. The van der Waals surface area contributed by atoms with Gasteiger partial charge in [0.05, 0.1) is 42.0 Å². The Kier molecular flexibility index (Phi) is 7.59. The van der Waals surface area contributed by atoms with Gasteiger partial charge >= 0.3 is 5.97 Å². The maximum absolute atomic E-state index is 13.6. The van der Waals surface area contributed by atoms with Crippen molar-refractivity contribution in [2.45, 2.75) is 50.2 Å². The standard InChI is InChI=1S/C28H34N6O4S/c1-4-20-15-33(39(37)26-8-6-5-7-25(26)38-20)14-18-11-19(10-9-17(18)2)34-27(23(13-31-34)28(35)36)22-12-21(22)24(29)16-32(3)30/h5-11,13,16,20-22H,4,12,14-15,29-30H2,1-3H3,(H,35,36)/b24-16-/t20-,21?,22-,39?/m1/s1. The molecule has 1 aromatic heterocycles. The number of para-hydroxylation sites is 1. The molecule has 0 radical (unpaired) electrons. The van der Waals surface area contributed by atoms with Crippen molar-refractivity contribution in [1.29, 1.82) is 0 Å². The number of ether oxygens (including phenoxy) is 1. The number of aryl methyl sites for hydroxylation is 1. The first-order valence-electron chi connectivity index (χ1n) is 13.0. The molecular formula is C28H34N6O4S. The molecule has 0 saturated heterocycles. The van der Waals surface area contributed by atoms with Crippen LogP contribution in [-0.4, -0.2) is 54.4 Å². The van der Waals surface area contributed by atoms with Crippen LogP contribution in [0.5, 0.6) is 5.75 Å². The summed E-state index contributed by atoms with van der Waals surface area (Å²) < 4.78 is 23.4. The number of benzene rings is 2. The Bertz CT molecular complexity index is 1410. The summed E-state index contributed by atoms with van der Waals surface area (Å²) >= 11 is -1.40. The number of hydrogen-bond acceptors (Lipinski definition) is 8. The quantitative estimate of drug-likeness (QED) is 0.218. The topological polar surface area (TPSA) is 146 Å². The van der Waals surface area contributed by atoms with Gasteiger partial charge in [-0.05, 0) is 55.2 Å². The van der Waals surface area contributed by atoms with Crippen molar-refractivity contribution in [2.24, 2.45) is 17.5 Å². The number of aromatic carboxylic acids is 1. The molecule has 1 fully saturated rings. The maximum Gasteiger partial charge on any atom is 0.339 e. The Morgan fingerprint density at radius 1 is 1.33 bits per heavy atom. The number of hydrazine groups is 1. The van der Waals surface area contributed by atoms with Gasteiger partial charge in [-0.25, -0.2) is 15.3 Å². The molecule has 11 heteroatoms. The number of fused-ring (bicyclic) bond motifs is 1. The summed E-state index contributed by atoms with van der Waals surface area (Å²) in [6, 6.07) is 13.4. The first-order valence-corrected chi connectivity index (χ1v) is 14.1. The van der Waals surface area contributed by atoms with Crippen LogP contribution in [-0.2, 0) is 17.9 Å². The molecule has 2 aliphatic rings. The lowest BCUT2D eigenvalue weighted by molar-refractivity contribution is 0.0695. The van der Waals surface area contributed by atoms with Crippen LogP contribution in [0, 0.1) is 12.8 Å². The lowest BCUT2D eigenvalue weighted by Gasteiger charge is -2.24. The van der Waals surface area contributed by atoms with Crippen molar-refractivity contribution >= 4 is 17.3 Å². The van der Waals surface area contributed by atoms with E-state index in [0.29, 0.717) is 41.5 Å². The first kappa shape index (κ1) is 27.1. The number of carboxylic acids is 1. The van der Waals surface area contributed by atoms with Crippen LogP contribution in [0.15, 0.2) is 65.5 Å². The van der Waals surface area contributed by atoms with Gasteiger partial charge < -0.3 is 25.1 Å². The number of carbonyl (C=O) groups is 1. The summed E-state index contributed by atoms with van der Waals surface area (Å²) in [6.07, 6.45) is 4.46. The average molecular weight is 551 g/mol. The molecule has 1 aliphatic carbocycles. The summed E-state index contributed by atoms with van der Waals surface area (Å²) in [6.45, 7) is 5.03. The van der Waals surface area contributed by atoms with Crippen molar-refractivity contribution in [3.05, 3.63) is 82.9 Å². The van der Waals surface area contributed by atoms with Gasteiger partial charge in [0.2, 0.25) is 4.90 Å². The van der Waals surface area contributed by atoms with Gasteiger partial charge in [0.25, 0.3) is 0 Å². The third-order valence-corrected chi connectivity index (χ3v) is 8.77. The van der Waals surface area contributed by atoms with Gasteiger partial charge in [-0.15, -0.1) is 4.31 Å². The van der Waals surface area contributed by atoms with Crippen molar-refractivity contribution in [3.8, 4) is 11.4 Å². The van der Waals surface area contributed by atoms with E-state index in [9.17, 15) is 14.5 Å². The summed E-state index contributed by atoms with van der Waals surface area (Å²) in [5.41, 5.74) is 10.4. The molecule has 4 atom stereocenters. The van der Waals surface area contributed by atoms with Crippen LogP contribution in [0.2, 0.25) is 0 Å². The van der Waals surface area contributed by atoms with Crippen molar-refractivity contribution in [1.82, 2.24) is 19.1 Å². The van der Waals surface area contributed by atoms with Gasteiger partial charge in [-0.1, -0.05) is 25.1 Å². The third kappa shape index (κ3) is 5.48. The SMILES string of the molecule is CC[C@@H]1CN(Cc2cc(-n3ncc(C(=O)O)c3[C@@H]3CC3/C(N)=C/N(C)N)ccc2C)[S+]([O-])c2ccccc2O1. The van der Waals surface area contributed by atoms with Crippen LogP contribution in [0.25, 0.3) is 5.69 Å². The van der Waals surface area contributed by atoms with E-state index in [1.165, 1.54) is 11.2 Å². The minimum Gasteiger partial charge on any atom is -0.593 e. The number of aromatic nitrogens is 2. The summed E-state index contributed by atoms with van der Waals surface area (Å²) in [5, 5.41) is 15.8. The van der Waals surface area contributed by atoms with Gasteiger partial charge in [-0.3, -0.25) is 0 Å². The van der Waals surface area contributed by atoms with E-state index in [1.807, 2.05) is 53.7 Å². The van der Waals surface area contributed by atoms with Gasteiger partial charge in [0, 0.05) is 30.8 Å². The Balaban J connectivity index is 1.48. The highest BCUT2D eigenvalue weighted by Gasteiger charge is 2.45. The largest absolute Gasteiger partial charge is 0.593 e. The normalized spacial score (nSPS) is 23.1. The highest BCUT2D eigenvalue weighted by Crippen LogP contribution is 2.51. The number of allylic oxidation sites excluding steroid dienone is 1. The number of nitrogens with two attached hydrogens (primary N) is 2. The second-order valence-electron chi connectivity index (χ2n) is 10.2. The molecule has 2 unspecified atom stereocenters.